The zero-order chi connectivity index (χ0) is 24.1. The van der Waals surface area contributed by atoms with E-state index >= 15 is 0 Å². The second-order valence-corrected chi connectivity index (χ2v) is 8.54. The summed E-state index contributed by atoms with van der Waals surface area (Å²) in [6, 6.07) is 15.5. The Morgan fingerprint density at radius 3 is 2.47 bits per heavy atom. The molecule has 0 radical (unpaired) electrons. The zero-order valence-electron chi connectivity index (χ0n) is 18.3. The number of aromatic nitrogens is 2. The van der Waals surface area contributed by atoms with Gasteiger partial charge in [0.1, 0.15) is 12.4 Å². The van der Waals surface area contributed by atoms with E-state index in [9.17, 15) is 18.0 Å². The summed E-state index contributed by atoms with van der Waals surface area (Å²) in [6.45, 7) is 0.0445. The standard InChI is InChI=1S/C25H25F3N2O4/c26-25(27,28)34-21-3-1-2-17(12-21)15-33-23-14-22(29-30-23)20-10-8-19(9-11-20)18-6-4-16(5-7-18)13-24(31)32/h1-3,8-12,14,16,18H,4-7,13,15H2,(H,29,30)(H,31,32). The number of carbonyl (C=O) groups is 1. The molecule has 0 saturated heterocycles. The van der Waals surface area contributed by atoms with Crippen molar-refractivity contribution in [2.24, 2.45) is 5.92 Å². The molecule has 0 amide bonds. The summed E-state index contributed by atoms with van der Waals surface area (Å²) in [7, 11) is 0. The van der Waals surface area contributed by atoms with Crippen LogP contribution < -0.4 is 9.47 Å². The van der Waals surface area contributed by atoms with Gasteiger partial charge in [-0.1, -0.05) is 36.4 Å². The summed E-state index contributed by atoms with van der Waals surface area (Å²) >= 11 is 0. The van der Waals surface area contributed by atoms with E-state index in [0.717, 1.165) is 36.9 Å². The van der Waals surface area contributed by atoms with E-state index in [1.165, 1.54) is 23.8 Å². The number of H-pyrrole nitrogens is 1. The summed E-state index contributed by atoms with van der Waals surface area (Å²) in [5, 5.41) is 16.0. The number of carboxylic acid groups (broad SMARTS) is 1. The molecule has 4 rings (SSSR count). The van der Waals surface area contributed by atoms with Crippen molar-refractivity contribution >= 4 is 5.97 Å². The molecule has 2 N–H and O–H groups in total. The molecule has 1 saturated carbocycles. The van der Waals surface area contributed by atoms with Crippen LogP contribution in [0.15, 0.2) is 54.6 Å². The van der Waals surface area contributed by atoms with Crippen LogP contribution in [-0.2, 0) is 11.4 Å². The number of nitrogens with one attached hydrogen (secondary N) is 1. The summed E-state index contributed by atoms with van der Waals surface area (Å²) < 4.78 is 46.7. The number of aliphatic carboxylic acids is 1. The molecule has 0 spiro atoms. The van der Waals surface area contributed by atoms with Crippen LogP contribution in [0, 0.1) is 5.92 Å². The van der Waals surface area contributed by atoms with Crippen LogP contribution in [0.5, 0.6) is 11.6 Å². The van der Waals surface area contributed by atoms with E-state index in [4.69, 9.17) is 9.84 Å². The normalized spacial score (nSPS) is 18.4. The first kappa shape index (κ1) is 23.7. The summed E-state index contributed by atoms with van der Waals surface area (Å²) in [5.41, 5.74) is 3.47. The first-order chi connectivity index (χ1) is 16.2. The molecule has 6 nitrogen and oxygen atoms in total. The highest BCUT2D eigenvalue weighted by Gasteiger charge is 2.31. The molecule has 2 aromatic carbocycles. The van der Waals surface area contributed by atoms with E-state index in [0.29, 0.717) is 17.4 Å². The number of benzene rings is 2. The molecular weight excluding hydrogens is 449 g/mol. The van der Waals surface area contributed by atoms with Crippen LogP contribution in [0.25, 0.3) is 11.3 Å². The molecular formula is C25H25F3N2O4. The van der Waals surface area contributed by atoms with Gasteiger partial charge in [0.15, 0.2) is 0 Å². The Bertz CT molecular complexity index is 1100. The third kappa shape index (κ3) is 6.52. The van der Waals surface area contributed by atoms with Crippen LogP contribution >= 0.6 is 0 Å². The topological polar surface area (TPSA) is 84.4 Å². The number of hydrogen-bond acceptors (Lipinski definition) is 4. The molecule has 0 atom stereocenters. The highest BCUT2D eigenvalue weighted by molar-refractivity contribution is 5.67. The van der Waals surface area contributed by atoms with Crippen LogP contribution in [0.2, 0.25) is 0 Å². The van der Waals surface area contributed by atoms with E-state index in [1.807, 2.05) is 12.1 Å². The third-order valence-corrected chi connectivity index (χ3v) is 6.08. The van der Waals surface area contributed by atoms with Gasteiger partial charge in [0, 0.05) is 12.5 Å². The van der Waals surface area contributed by atoms with E-state index in [1.54, 1.807) is 12.1 Å². The molecule has 34 heavy (non-hydrogen) atoms. The lowest BCUT2D eigenvalue weighted by atomic mass is 9.77. The van der Waals surface area contributed by atoms with Gasteiger partial charge in [-0.25, -0.2) is 0 Å². The number of nitrogens with zero attached hydrogens (tertiary/aromatic N) is 1. The first-order valence-corrected chi connectivity index (χ1v) is 11.1. The van der Waals surface area contributed by atoms with Crippen molar-refractivity contribution in [2.75, 3.05) is 0 Å². The summed E-state index contributed by atoms with van der Waals surface area (Å²) in [4.78, 5) is 10.9. The van der Waals surface area contributed by atoms with Crippen molar-refractivity contribution in [3.8, 4) is 22.9 Å². The molecule has 1 aromatic heterocycles. The highest BCUT2D eigenvalue weighted by atomic mass is 19.4. The molecule has 9 heteroatoms. The maximum atomic E-state index is 12.4. The second kappa shape index (κ2) is 10.2. The number of halogens is 3. The molecule has 3 aromatic rings. The maximum Gasteiger partial charge on any atom is 0.573 e. The fourth-order valence-corrected chi connectivity index (χ4v) is 4.40. The Labute approximate surface area is 194 Å². The minimum atomic E-state index is -4.74. The number of rotatable bonds is 8. The zero-order valence-corrected chi connectivity index (χ0v) is 18.3. The lowest BCUT2D eigenvalue weighted by molar-refractivity contribution is -0.274. The monoisotopic (exact) mass is 474 g/mol. The van der Waals surface area contributed by atoms with Gasteiger partial charge < -0.3 is 14.6 Å². The quantitative estimate of drug-likeness (QED) is 0.400. The Kier molecular flexibility index (Phi) is 7.09. The minimum absolute atomic E-state index is 0.0445. The Balaban J connectivity index is 1.32. The van der Waals surface area contributed by atoms with Gasteiger partial charge in [0.25, 0.3) is 0 Å². The molecule has 1 aliphatic rings. The summed E-state index contributed by atoms with van der Waals surface area (Å²) in [5.74, 6) is 0.0253. The number of ether oxygens (including phenoxy) is 2. The lowest BCUT2D eigenvalue weighted by Crippen LogP contribution is -2.17. The molecule has 0 unspecified atom stereocenters. The van der Waals surface area contributed by atoms with Crippen LogP contribution in [0.4, 0.5) is 13.2 Å². The van der Waals surface area contributed by atoms with Crippen molar-refractivity contribution < 1.29 is 32.5 Å². The van der Waals surface area contributed by atoms with Gasteiger partial charge in [-0.3, -0.25) is 9.89 Å². The van der Waals surface area contributed by atoms with Crippen molar-refractivity contribution in [1.29, 1.82) is 0 Å². The van der Waals surface area contributed by atoms with Gasteiger partial charge in [0.05, 0.1) is 5.69 Å². The molecule has 180 valence electrons. The Hall–Kier alpha value is -3.49. The predicted octanol–water partition coefficient (Wildman–Crippen LogP) is 6.30. The smallest absolute Gasteiger partial charge is 0.481 e. The van der Waals surface area contributed by atoms with E-state index in [-0.39, 0.29) is 24.7 Å². The largest absolute Gasteiger partial charge is 0.573 e. The lowest BCUT2D eigenvalue weighted by Gasteiger charge is -2.28. The number of aromatic amines is 1. The fraction of sp³-hybridized carbons (Fsp3) is 0.360. The summed E-state index contributed by atoms with van der Waals surface area (Å²) in [6.07, 6.45) is -0.631. The van der Waals surface area contributed by atoms with Crippen LogP contribution in [-0.4, -0.2) is 27.6 Å². The molecule has 1 heterocycles. The Morgan fingerprint density at radius 1 is 1.06 bits per heavy atom. The van der Waals surface area contributed by atoms with Crippen molar-refractivity contribution in [3.05, 3.63) is 65.7 Å². The Morgan fingerprint density at radius 2 is 1.79 bits per heavy atom. The molecule has 0 aliphatic heterocycles. The van der Waals surface area contributed by atoms with Crippen molar-refractivity contribution in [3.63, 3.8) is 0 Å². The number of alkyl halides is 3. The fourth-order valence-electron chi connectivity index (χ4n) is 4.40. The molecule has 0 bridgehead atoms. The average molecular weight is 474 g/mol. The SMILES string of the molecule is O=C(O)CC1CCC(c2ccc(-c3cc(OCc4cccc(OC(F)(F)F)c4)n[nH]3)cc2)CC1. The van der Waals surface area contributed by atoms with Gasteiger partial charge in [0.2, 0.25) is 5.88 Å². The van der Waals surface area contributed by atoms with Gasteiger partial charge in [-0.2, -0.15) is 0 Å². The van der Waals surface area contributed by atoms with Crippen LogP contribution in [0.3, 0.4) is 0 Å². The van der Waals surface area contributed by atoms with Gasteiger partial charge >= 0.3 is 12.3 Å². The minimum Gasteiger partial charge on any atom is -0.481 e. The molecule has 1 aliphatic carbocycles. The third-order valence-electron chi connectivity index (χ3n) is 6.08. The number of hydrogen-bond donors (Lipinski definition) is 2. The average Bonchev–Trinajstić information content (AvgIpc) is 3.26. The van der Waals surface area contributed by atoms with Crippen molar-refractivity contribution in [1.82, 2.24) is 10.2 Å². The van der Waals surface area contributed by atoms with Crippen molar-refractivity contribution in [2.45, 2.75) is 51.0 Å². The van der Waals surface area contributed by atoms with Gasteiger partial charge in [-0.15, -0.1) is 18.3 Å². The first-order valence-electron chi connectivity index (χ1n) is 11.1. The second-order valence-electron chi connectivity index (χ2n) is 8.54. The predicted molar refractivity (Wildman–Crippen MR) is 118 cm³/mol. The van der Waals surface area contributed by atoms with E-state index in [2.05, 4.69) is 27.1 Å². The van der Waals surface area contributed by atoms with Gasteiger partial charge in [-0.05, 0) is 66.3 Å². The van der Waals surface area contributed by atoms with E-state index < -0.39 is 12.3 Å². The van der Waals surface area contributed by atoms with Crippen LogP contribution in [0.1, 0.15) is 49.1 Å². The molecule has 1 fully saturated rings. The highest BCUT2D eigenvalue weighted by Crippen LogP contribution is 2.37. The number of carboxylic acids is 1. The maximum absolute atomic E-state index is 12.4.